The van der Waals surface area contributed by atoms with Crippen LogP contribution in [0.4, 0.5) is 11.6 Å². The number of aliphatic hydroxyl groups excluding tert-OH is 4. The zero-order valence-corrected chi connectivity index (χ0v) is 30.0. The number of fused-ring (bicyclic) bond motifs is 2. The van der Waals surface area contributed by atoms with E-state index in [1.807, 2.05) is 0 Å². The summed E-state index contributed by atoms with van der Waals surface area (Å²) in [5.41, 5.74) is 11.7. The van der Waals surface area contributed by atoms with E-state index in [9.17, 15) is 48.5 Å². The molecular weight excluding hydrogens is 808 g/mol. The molecule has 6 rings (SSSR count). The summed E-state index contributed by atoms with van der Waals surface area (Å²) in [6, 6.07) is 0. The topological polar surface area (TPSA) is 412 Å². The number of hydrogen-bond acceptors (Lipinski definition) is 25. The average molecular weight is 836 g/mol. The molecule has 4 aromatic rings. The first-order valence-corrected chi connectivity index (χ1v) is 20.1. The summed E-state index contributed by atoms with van der Waals surface area (Å²) in [6.45, 7) is 0. The summed E-state index contributed by atoms with van der Waals surface area (Å²) in [5.74, 6) is -0.0784. The molecule has 0 amide bonds. The molecule has 0 spiro atoms. The minimum absolute atomic E-state index is 0.0300. The number of nitrogen functional groups attached to an aromatic ring is 2. The van der Waals surface area contributed by atoms with Crippen LogP contribution in [0, 0.1) is 0 Å². The number of hydrogen-bond donors (Lipinski definition) is 8. The second kappa shape index (κ2) is 14.6. The predicted molar refractivity (Wildman–Crippen MR) is 166 cm³/mol. The molecule has 2 fully saturated rings. The van der Waals surface area contributed by atoms with Crippen molar-refractivity contribution in [3.05, 3.63) is 25.3 Å². The van der Waals surface area contributed by atoms with Gasteiger partial charge < -0.3 is 51.2 Å². The first kappa shape index (κ1) is 39.7. The van der Waals surface area contributed by atoms with Gasteiger partial charge in [0.1, 0.15) is 48.1 Å². The lowest BCUT2D eigenvalue weighted by atomic mass is 10.2. The van der Waals surface area contributed by atoms with Crippen molar-refractivity contribution >= 4 is 65.3 Å². The normalized spacial score (nSPS) is 30.9. The van der Waals surface area contributed by atoms with Crippen LogP contribution in [0.2, 0.25) is 0 Å². The predicted octanol–water partition coefficient (Wildman–Crippen LogP) is -1.22. The lowest BCUT2D eigenvalue weighted by Crippen LogP contribution is -2.32. The molecule has 2 aliphatic heterocycles. The van der Waals surface area contributed by atoms with Gasteiger partial charge in [0, 0.05) is 14.2 Å². The van der Waals surface area contributed by atoms with Crippen molar-refractivity contribution in [3.63, 3.8) is 0 Å². The Bertz CT molecular complexity index is 2040. The van der Waals surface area contributed by atoms with Crippen LogP contribution in [0.25, 0.3) is 22.3 Å². The van der Waals surface area contributed by atoms with Gasteiger partial charge in [-0.25, -0.2) is 48.2 Å². The summed E-state index contributed by atoms with van der Waals surface area (Å²) in [4.78, 5) is 43.8. The molecule has 10 N–H and O–H groups in total. The molecule has 33 heteroatoms. The monoisotopic (exact) mass is 836 g/mol. The Balaban J connectivity index is 1.11. The lowest BCUT2D eigenvalue weighted by molar-refractivity contribution is -0.134. The minimum Gasteiger partial charge on any atom is -0.385 e. The van der Waals surface area contributed by atoms with Crippen LogP contribution in [0.15, 0.2) is 25.3 Å². The van der Waals surface area contributed by atoms with E-state index >= 15 is 0 Å². The molecule has 2 saturated heterocycles. The van der Waals surface area contributed by atoms with Crippen LogP contribution in [0.5, 0.6) is 0 Å². The van der Waals surface area contributed by atoms with E-state index in [1.54, 1.807) is 0 Å². The first-order chi connectivity index (χ1) is 24.8. The molecule has 4 aromatic heterocycles. The minimum atomic E-state index is -6.15. The van der Waals surface area contributed by atoms with E-state index in [-0.39, 0.29) is 34.0 Å². The van der Waals surface area contributed by atoms with E-state index in [0.717, 1.165) is 34.4 Å². The molecule has 12 atom stereocenters. The Labute approximate surface area is 293 Å². The van der Waals surface area contributed by atoms with Gasteiger partial charge in [0.15, 0.2) is 48.0 Å². The molecule has 0 radical (unpaired) electrons. The average Bonchev–Trinajstić information content (AvgIpc) is 3.83. The van der Waals surface area contributed by atoms with Gasteiger partial charge in [-0.3, -0.25) is 27.2 Å². The highest BCUT2D eigenvalue weighted by atomic mass is 31.3. The van der Waals surface area contributed by atoms with Crippen molar-refractivity contribution in [2.45, 2.75) is 49.5 Å². The second-order valence-electron chi connectivity index (χ2n) is 10.6. The van der Waals surface area contributed by atoms with E-state index in [2.05, 4.69) is 51.9 Å². The molecule has 292 valence electrons. The highest BCUT2D eigenvalue weighted by Gasteiger charge is 2.54. The zero-order chi connectivity index (χ0) is 38.7. The van der Waals surface area contributed by atoms with Crippen LogP contribution >= 0.6 is 31.3 Å². The van der Waals surface area contributed by atoms with Crippen molar-refractivity contribution in [3.8, 4) is 0 Å². The highest BCUT2D eigenvalue weighted by Crippen LogP contribution is 2.73. The third kappa shape index (κ3) is 7.91. The Morgan fingerprint density at radius 1 is 0.623 bits per heavy atom. The molecule has 6 heterocycles. The van der Waals surface area contributed by atoms with Crippen molar-refractivity contribution in [1.29, 1.82) is 0 Å². The van der Waals surface area contributed by atoms with Crippen LogP contribution < -0.4 is 11.5 Å². The van der Waals surface area contributed by atoms with E-state index < -0.39 is 80.7 Å². The Morgan fingerprint density at radius 2 is 1.00 bits per heavy atom. The molecule has 2 aliphatic rings. The molecule has 0 aliphatic carbocycles. The van der Waals surface area contributed by atoms with Crippen LogP contribution in [-0.4, -0.2) is 120 Å². The first-order valence-electron chi connectivity index (χ1n) is 14.2. The smallest absolute Gasteiger partial charge is 0.385 e. The van der Waals surface area contributed by atoms with Gasteiger partial charge in [-0.15, -0.1) is 0 Å². The summed E-state index contributed by atoms with van der Waals surface area (Å²) in [6.07, 6.45) is -10.8. The summed E-state index contributed by atoms with van der Waals surface area (Å²) >= 11 is 0. The van der Waals surface area contributed by atoms with E-state index in [1.165, 1.54) is 0 Å². The molecule has 0 bridgehead atoms. The summed E-state index contributed by atoms with van der Waals surface area (Å²) in [5, 5.41) is 42.2. The second-order valence-corrected chi connectivity index (χ2v) is 17.3. The largest absolute Gasteiger partial charge is 0.490 e. The number of ether oxygens (including phenoxy) is 2. The Morgan fingerprint density at radius 3 is 1.36 bits per heavy atom. The van der Waals surface area contributed by atoms with Crippen LogP contribution in [0.3, 0.4) is 0 Å². The maximum Gasteiger partial charge on any atom is 0.490 e. The number of rotatable bonds is 14. The van der Waals surface area contributed by atoms with Gasteiger partial charge in [-0.1, -0.05) is 0 Å². The molecular formula is C20H28N10O19P4. The highest BCUT2D eigenvalue weighted by molar-refractivity contribution is 7.70. The van der Waals surface area contributed by atoms with Crippen molar-refractivity contribution < 1.29 is 89.0 Å². The van der Waals surface area contributed by atoms with Gasteiger partial charge in [0.2, 0.25) is 0 Å². The maximum atomic E-state index is 13.2. The molecule has 4 unspecified atom stereocenters. The number of imidazole rings is 2. The number of anilines is 2. The summed E-state index contributed by atoms with van der Waals surface area (Å²) in [7, 11) is -22.0. The SMILES string of the molecule is COP(=O)(O[C@H]1O[C@@H](n2cnc3c(N)ncnc32)[C@H](O)[C@H]1O)OP(=O)(O)OP(=O)(O)OP(=O)(OC)O[C@H]1O[C@@H](n2cnc3c(N)ncnc32)[C@H](O)[C@H]1O. The number of nitrogens with zero attached hydrogens (tertiary/aromatic N) is 8. The van der Waals surface area contributed by atoms with Gasteiger partial charge in [-0.2, -0.15) is 12.9 Å². The Hall–Kier alpha value is -2.98. The number of aromatic nitrogens is 8. The summed E-state index contributed by atoms with van der Waals surface area (Å²) < 4.78 is 96.5. The molecule has 0 aromatic carbocycles. The van der Waals surface area contributed by atoms with Gasteiger partial charge in [0.05, 0.1) is 12.7 Å². The number of nitrogens with two attached hydrogens (primary N) is 2. The van der Waals surface area contributed by atoms with Gasteiger partial charge in [-0.05, 0) is 0 Å². The van der Waals surface area contributed by atoms with Crippen molar-refractivity contribution in [2.75, 3.05) is 25.7 Å². The third-order valence-electron chi connectivity index (χ3n) is 7.24. The van der Waals surface area contributed by atoms with E-state index in [4.69, 9.17) is 30.0 Å². The van der Waals surface area contributed by atoms with E-state index in [0.29, 0.717) is 14.2 Å². The van der Waals surface area contributed by atoms with Crippen molar-refractivity contribution in [1.82, 2.24) is 39.0 Å². The fourth-order valence-electron chi connectivity index (χ4n) is 4.86. The van der Waals surface area contributed by atoms with Gasteiger partial charge in [0.25, 0.3) is 0 Å². The zero-order valence-electron chi connectivity index (χ0n) is 26.4. The van der Waals surface area contributed by atoms with Crippen molar-refractivity contribution in [2.24, 2.45) is 0 Å². The number of aliphatic hydroxyl groups is 4. The lowest BCUT2D eigenvalue weighted by Gasteiger charge is -2.25. The standard InChI is InChI=1S/C20H28N10O19P4/c1-41-52(39,45-19-11(33)9(31)17(43-19)29-5-27-7-13(21)23-3-25-15(7)29)48-50(35,36)47-51(37,38)49-53(40,42-2)46-20-12(34)10(32)18(44-20)30-6-28-8-14(22)24-4-26-16(8)30/h3-6,9-12,17-20,31-34H,1-2H3,(H,35,36)(H,37,38)(H2,21,23,25)(H2,22,24,26)/t9-,10-,11-,12-,17-,18-,19-,20-,52?,53?/m1/s1. The number of phosphoric acid groups is 4. The fraction of sp³-hybridized carbons (Fsp3) is 0.500. The fourth-order valence-corrected chi connectivity index (χ4v) is 10.6. The number of phosphoric ester groups is 2. The molecule has 0 saturated carbocycles. The molecule has 29 nitrogen and oxygen atoms in total. The Kier molecular flexibility index (Phi) is 10.9. The van der Waals surface area contributed by atoms with Crippen LogP contribution in [-0.2, 0) is 58.8 Å². The quantitative estimate of drug-likeness (QED) is 0.0690. The molecule has 53 heavy (non-hydrogen) atoms. The van der Waals surface area contributed by atoms with Crippen LogP contribution in [0.1, 0.15) is 12.5 Å². The maximum absolute atomic E-state index is 13.2. The van der Waals surface area contributed by atoms with Gasteiger partial charge >= 0.3 is 31.3 Å². The third-order valence-corrected chi connectivity index (χ3v) is 14.0.